The summed E-state index contributed by atoms with van der Waals surface area (Å²) in [6, 6.07) is 11.8. The molecular weight excluding hydrogens is 252 g/mol. The molecule has 2 N–H and O–H groups in total. The second-order valence-corrected chi connectivity index (χ2v) is 5.07. The van der Waals surface area contributed by atoms with Crippen LogP contribution in [0, 0.1) is 6.92 Å². The summed E-state index contributed by atoms with van der Waals surface area (Å²) in [5, 5.41) is 9.91. The highest BCUT2D eigenvalue weighted by molar-refractivity contribution is 5.88. The van der Waals surface area contributed by atoms with Crippen molar-refractivity contribution >= 4 is 11.8 Å². The molecule has 5 heteroatoms. The highest BCUT2D eigenvalue weighted by Crippen LogP contribution is 2.11. The van der Waals surface area contributed by atoms with Crippen LogP contribution in [0.1, 0.15) is 25.1 Å². The number of aryl methyl sites for hydroxylation is 1. The highest BCUT2D eigenvalue weighted by Gasteiger charge is 2.08. The van der Waals surface area contributed by atoms with Crippen LogP contribution < -0.4 is 10.6 Å². The number of carbonyl (C=O) groups is 1. The van der Waals surface area contributed by atoms with E-state index in [0.29, 0.717) is 12.4 Å². The van der Waals surface area contributed by atoms with Gasteiger partial charge >= 0.3 is 6.03 Å². The fourth-order valence-electron chi connectivity index (χ4n) is 1.90. The van der Waals surface area contributed by atoms with Crippen molar-refractivity contribution in [3.05, 3.63) is 47.7 Å². The molecule has 0 saturated heterocycles. The quantitative estimate of drug-likeness (QED) is 0.899. The van der Waals surface area contributed by atoms with Gasteiger partial charge in [-0.15, -0.1) is 0 Å². The minimum Gasteiger partial charge on any atom is -0.336 e. The number of nitrogens with one attached hydrogen (secondary N) is 2. The van der Waals surface area contributed by atoms with E-state index in [1.54, 1.807) is 0 Å². The van der Waals surface area contributed by atoms with Crippen molar-refractivity contribution in [1.82, 2.24) is 15.1 Å². The predicted molar refractivity (Wildman–Crippen MR) is 79.8 cm³/mol. The minimum absolute atomic E-state index is 0.0995. The van der Waals surface area contributed by atoms with E-state index in [9.17, 15) is 4.79 Å². The zero-order valence-electron chi connectivity index (χ0n) is 12.1. The van der Waals surface area contributed by atoms with Gasteiger partial charge in [0.15, 0.2) is 5.82 Å². The third-order valence-electron chi connectivity index (χ3n) is 2.82. The maximum Gasteiger partial charge on any atom is 0.320 e. The number of hydrogen-bond acceptors (Lipinski definition) is 2. The van der Waals surface area contributed by atoms with E-state index >= 15 is 0 Å². The maximum absolute atomic E-state index is 11.6. The number of hydrogen-bond donors (Lipinski definition) is 2. The summed E-state index contributed by atoms with van der Waals surface area (Å²) >= 11 is 0. The van der Waals surface area contributed by atoms with Crippen LogP contribution in [0.25, 0.3) is 0 Å². The lowest BCUT2D eigenvalue weighted by molar-refractivity contribution is 0.250. The first-order valence-corrected chi connectivity index (χ1v) is 6.70. The van der Waals surface area contributed by atoms with Crippen LogP contribution in [0.4, 0.5) is 10.6 Å². The topological polar surface area (TPSA) is 59.0 Å². The molecule has 0 saturated carbocycles. The van der Waals surface area contributed by atoms with Gasteiger partial charge in [-0.3, -0.25) is 10.00 Å². The highest BCUT2D eigenvalue weighted by atomic mass is 16.2. The second kappa shape index (κ2) is 6.23. The molecule has 0 radical (unpaired) electrons. The van der Waals surface area contributed by atoms with E-state index in [1.807, 2.05) is 49.7 Å². The zero-order chi connectivity index (χ0) is 14.5. The SMILES string of the molecule is Cc1cc(NC(=O)NC(C)C)nn1Cc1ccccc1. The predicted octanol–water partition coefficient (Wildman–Crippen LogP) is 2.77. The van der Waals surface area contributed by atoms with Gasteiger partial charge in [-0.1, -0.05) is 30.3 Å². The van der Waals surface area contributed by atoms with E-state index in [-0.39, 0.29) is 12.1 Å². The van der Waals surface area contributed by atoms with Gasteiger partial charge in [-0.25, -0.2) is 4.79 Å². The lowest BCUT2D eigenvalue weighted by Crippen LogP contribution is -2.34. The van der Waals surface area contributed by atoms with Crippen molar-refractivity contribution in [3.63, 3.8) is 0 Å². The summed E-state index contributed by atoms with van der Waals surface area (Å²) in [6.07, 6.45) is 0. The van der Waals surface area contributed by atoms with Crippen molar-refractivity contribution in [3.8, 4) is 0 Å². The molecule has 106 valence electrons. The molecule has 0 aliphatic rings. The van der Waals surface area contributed by atoms with Crippen LogP contribution in [0.2, 0.25) is 0 Å². The van der Waals surface area contributed by atoms with Crippen LogP contribution in [0.15, 0.2) is 36.4 Å². The van der Waals surface area contributed by atoms with Crippen molar-refractivity contribution < 1.29 is 4.79 Å². The Hall–Kier alpha value is -2.30. The Kier molecular flexibility index (Phi) is 4.40. The Bertz CT molecular complexity index is 575. The van der Waals surface area contributed by atoms with Gasteiger partial charge in [0, 0.05) is 17.8 Å². The molecule has 0 aliphatic heterocycles. The number of benzene rings is 1. The molecule has 20 heavy (non-hydrogen) atoms. The molecule has 0 atom stereocenters. The first kappa shape index (κ1) is 14.1. The molecular formula is C15H20N4O. The fraction of sp³-hybridized carbons (Fsp3) is 0.333. The lowest BCUT2D eigenvalue weighted by Gasteiger charge is -2.08. The van der Waals surface area contributed by atoms with E-state index in [2.05, 4.69) is 27.9 Å². The summed E-state index contributed by atoms with van der Waals surface area (Å²) in [5.74, 6) is 0.566. The zero-order valence-corrected chi connectivity index (χ0v) is 12.1. The van der Waals surface area contributed by atoms with Gasteiger partial charge in [0.1, 0.15) is 0 Å². The summed E-state index contributed by atoms with van der Waals surface area (Å²) in [5.41, 5.74) is 2.19. The number of carbonyl (C=O) groups excluding carboxylic acids is 1. The third-order valence-corrected chi connectivity index (χ3v) is 2.82. The molecule has 1 aromatic carbocycles. The summed E-state index contributed by atoms with van der Waals surface area (Å²) in [4.78, 5) is 11.6. The number of rotatable bonds is 4. The molecule has 2 rings (SSSR count). The van der Waals surface area contributed by atoms with Crippen LogP contribution in [0.5, 0.6) is 0 Å². The van der Waals surface area contributed by atoms with Gasteiger partial charge < -0.3 is 5.32 Å². The number of amides is 2. The molecule has 0 unspecified atom stereocenters. The lowest BCUT2D eigenvalue weighted by atomic mass is 10.2. The molecule has 0 aliphatic carbocycles. The smallest absolute Gasteiger partial charge is 0.320 e. The average molecular weight is 272 g/mol. The molecule has 0 bridgehead atoms. The van der Waals surface area contributed by atoms with Gasteiger partial charge in [-0.2, -0.15) is 5.10 Å². The third kappa shape index (κ3) is 3.85. The first-order chi connectivity index (χ1) is 9.54. The van der Waals surface area contributed by atoms with Gasteiger partial charge in [0.2, 0.25) is 0 Å². The average Bonchev–Trinajstić information content (AvgIpc) is 2.69. The maximum atomic E-state index is 11.6. The number of urea groups is 1. The Morgan fingerprint density at radius 3 is 2.65 bits per heavy atom. The molecule has 1 aromatic heterocycles. The Balaban J connectivity index is 2.04. The Morgan fingerprint density at radius 2 is 2.00 bits per heavy atom. The molecule has 0 spiro atoms. The van der Waals surface area contributed by atoms with Crippen molar-refractivity contribution in [2.75, 3.05) is 5.32 Å². The van der Waals surface area contributed by atoms with E-state index in [4.69, 9.17) is 0 Å². The first-order valence-electron chi connectivity index (χ1n) is 6.70. The monoisotopic (exact) mass is 272 g/mol. The van der Waals surface area contributed by atoms with Crippen molar-refractivity contribution in [2.45, 2.75) is 33.4 Å². The standard InChI is InChI=1S/C15H20N4O/c1-11(2)16-15(20)17-14-9-12(3)19(18-14)10-13-7-5-4-6-8-13/h4-9,11H,10H2,1-3H3,(H2,16,17,18,20). The number of anilines is 1. The van der Waals surface area contributed by atoms with Crippen LogP contribution in [0.3, 0.4) is 0 Å². The van der Waals surface area contributed by atoms with Crippen LogP contribution in [-0.4, -0.2) is 21.9 Å². The molecule has 1 heterocycles. The van der Waals surface area contributed by atoms with Crippen molar-refractivity contribution in [1.29, 1.82) is 0 Å². The van der Waals surface area contributed by atoms with E-state index in [1.165, 1.54) is 5.56 Å². The van der Waals surface area contributed by atoms with Gasteiger partial charge in [-0.05, 0) is 26.3 Å². The van der Waals surface area contributed by atoms with Gasteiger partial charge in [0.25, 0.3) is 0 Å². The largest absolute Gasteiger partial charge is 0.336 e. The fourth-order valence-corrected chi connectivity index (χ4v) is 1.90. The normalized spacial score (nSPS) is 10.6. The molecule has 0 fully saturated rings. The van der Waals surface area contributed by atoms with Crippen molar-refractivity contribution in [2.24, 2.45) is 0 Å². The summed E-state index contributed by atoms with van der Waals surface area (Å²) in [7, 11) is 0. The van der Waals surface area contributed by atoms with Crippen LogP contribution in [-0.2, 0) is 6.54 Å². The van der Waals surface area contributed by atoms with Crippen LogP contribution >= 0.6 is 0 Å². The summed E-state index contributed by atoms with van der Waals surface area (Å²) < 4.78 is 1.88. The Labute approximate surface area is 119 Å². The van der Waals surface area contributed by atoms with E-state index < -0.39 is 0 Å². The minimum atomic E-state index is -0.232. The number of aromatic nitrogens is 2. The Morgan fingerprint density at radius 1 is 1.30 bits per heavy atom. The summed E-state index contributed by atoms with van der Waals surface area (Å²) in [6.45, 7) is 6.50. The molecule has 5 nitrogen and oxygen atoms in total. The number of nitrogens with zero attached hydrogens (tertiary/aromatic N) is 2. The van der Waals surface area contributed by atoms with E-state index in [0.717, 1.165) is 5.69 Å². The van der Waals surface area contributed by atoms with Gasteiger partial charge in [0.05, 0.1) is 6.54 Å². The molecule has 2 aromatic rings. The second-order valence-electron chi connectivity index (χ2n) is 5.07. The molecule has 2 amide bonds.